The minimum absolute atomic E-state index is 0.0357. The molecule has 4 aliphatic carbocycles. The molecule has 4 heteroatoms. The van der Waals surface area contributed by atoms with Crippen LogP contribution in [0.25, 0.3) is 0 Å². The highest BCUT2D eigenvalue weighted by atomic mass is 35.5. The van der Waals surface area contributed by atoms with Gasteiger partial charge in [-0.2, -0.15) is 0 Å². The van der Waals surface area contributed by atoms with E-state index in [1.54, 1.807) is 0 Å². The van der Waals surface area contributed by atoms with Crippen LogP contribution in [0.1, 0.15) is 52.4 Å². The molecule has 1 N–H and O–H groups in total. The maximum Gasteiger partial charge on any atom is 0.408 e. The van der Waals surface area contributed by atoms with Gasteiger partial charge in [-0.25, -0.2) is 4.79 Å². The lowest BCUT2D eigenvalue weighted by Gasteiger charge is -2.65. The van der Waals surface area contributed by atoms with Gasteiger partial charge in [-0.1, -0.05) is 25.4 Å². The molecule has 3 nitrogen and oxygen atoms in total. The molecule has 0 aliphatic heterocycles. The molecule has 4 saturated carbocycles. The predicted octanol–water partition coefficient (Wildman–Crippen LogP) is 3.66. The summed E-state index contributed by atoms with van der Waals surface area (Å²) in [5, 5.41) is 3.13. The van der Waals surface area contributed by atoms with Gasteiger partial charge in [-0.05, 0) is 55.3 Å². The van der Waals surface area contributed by atoms with Gasteiger partial charge in [0.15, 0.2) is 6.07 Å². The van der Waals surface area contributed by atoms with Gasteiger partial charge < -0.3 is 10.1 Å². The molecule has 2 atom stereocenters. The maximum atomic E-state index is 11.7. The van der Waals surface area contributed by atoms with Gasteiger partial charge in [0.25, 0.3) is 0 Å². The topological polar surface area (TPSA) is 38.3 Å². The van der Waals surface area contributed by atoms with Crippen LogP contribution in [0, 0.1) is 16.7 Å². The quantitative estimate of drug-likeness (QED) is 0.779. The molecule has 0 spiro atoms. The smallest absolute Gasteiger partial charge is 0.408 e. The number of hydrogen-bond donors (Lipinski definition) is 1. The van der Waals surface area contributed by atoms with E-state index in [2.05, 4.69) is 19.2 Å². The molecular formula is C14H22ClNO2. The zero-order chi connectivity index (χ0) is 13.0. The van der Waals surface area contributed by atoms with Gasteiger partial charge in [0, 0.05) is 5.54 Å². The molecule has 4 fully saturated rings. The number of nitrogens with one attached hydrogen (secondary N) is 1. The van der Waals surface area contributed by atoms with Crippen molar-refractivity contribution < 1.29 is 9.53 Å². The van der Waals surface area contributed by atoms with Crippen LogP contribution in [0.4, 0.5) is 4.79 Å². The molecular weight excluding hydrogens is 250 g/mol. The number of amides is 1. The highest BCUT2D eigenvalue weighted by Crippen LogP contribution is 2.66. The fourth-order valence-corrected chi connectivity index (χ4v) is 5.99. The van der Waals surface area contributed by atoms with Crippen LogP contribution in [-0.2, 0) is 4.74 Å². The van der Waals surface area contributed by atoms with Gasteiger partial charge in [-0.3, -0.25) is 0 Å². The highest BCUT2D eigenvalue weighted by molar-refractivity contribution is 6.17. The largest absolute Gasteiger partial charge is 0.433 e. The normalized spacial score (nSPS) is 49.2. The van der Waals surface area contributed by atoms with Crippen molar-refractivity contribution in [2.24, 2.45) is 16.7 Å². The number of rotatable bonds is 2. The van der Waals surface area contributed by atoms with Crippen LogP contribution < -0.4 is 5.32 Å². The fourth-order valence-electron chi connectivity index (χ4n) is 5.89. The summed E-state index contributed by atoms with van der Waals surface area (Å²) in [7, 11) is 0. The first-order valence-electron chi connectivity index (χ1n) is 6.87. The Hall–Kier alpha value is -0.440. The summed E-state index contributed by atoms with van der Waals surface area (Å²) in [4.78, 5) is 11.7. The third kappa shape index (κ3) is 2.01. The van der Waals surface area contributed by atoms with Crippen molar-refractivity contribution in [3.8, 4) is 0 Å². The van der Waals surface area contributed by atoms with Crippen molar-refractivity contribution >= 4 is 17.7 Å². The van der Waals surface area contributed by atoms with Gasteiger partial charge >= 0.3 is 6.09 Å². The monoisotopic (exact) mass is 271 g/mol. The number of carbonyl (C=O) groups excluding carboxylic acids is 1. The Balaban J connectivity index is 1.82. The van der Waals surface area contributed by atoms with E-state index in [9.17, 15) is 4.79 Å². The minimum atomic E-state index is -0.348. The molecule has 0 heterocycles. The molecule has 18 heavy (non-hydrogen) atoms. The van der Waals surface area contributed by atoms with E-state index in [0.717, 1.165) is 25.2 Å². The molecule has 0 aromatic carbocycles. The number of ether oxygens (including phenoxy) is 1. The zero-order valence-corrected chi connectivity index (χ0v) is 12.0. The Kier molecular flexibility index (Phi) is 2.64. The fraction of sp³-hybridized carbons (Fsp3) is 0.929. The minimum Gasteiger partial charge on any atom is -0.433 e. The lowest BCUT2D eigenvalue weighted by molar-refractivity contribution is -0.115. The van der Waals surface area contributed by atoms with Crippen molar-refractivity contribution in [1.29, 1.82) is 0 Å². The van der Waals surface area contributed by atoms with Gasteiger partial charge in [0.2, 0.25) is 0 Å². The van der Waals surface area contributed by atoms with E-state index in [0.29, 0.717) is 10.8 Å². The van der Waals surface area contributed by atoms with Crippen LogP contribution in [0.15, 0.2) is 0 Å². The number of halogens is 1. The second-order valence-electron chi connectivity index (χ2n) is 7.58. The zero-order valence-electron chi connectivity index (χ0n) is 11.2. The second-order valence-corrected chi connectivity index (χ2v) is 7.79. The third-order valence-electron chi connectivity index (χ3n) is 5.18. The van der Waals surface area contributed by atoms with Crippen LogP contribution >= 0.6 is 11.6 Å². The first-order chi connectivity index (χ1) is 8.36. The van der Waals surface area contributed by atoms with E-state index in [1.165, 1.54) is 19.3 Å². The summed E-state index contributed by atoms with van der Waals surface area (Å²) >= 11 is 5.45. The van der Waals surface area contributed by atoms with E-state index < -0.39 is 0 Å². The molecule has 4 aliphatic rings. The summed E-state index contributed by atoms with van der Waals surface area (Å²) in [6.07, 6.45) is 6.94. The van der Waals surface area contributed by atoms with Crippen molar-refractivity contribution in [1.82, 2.24) is 5.32 Å². The van der Waals surface area contributed by atoms with Crippen molar-refractivity contribution in [2.75, 3.05) is 6.07 Å². The Labute approximate surface area is 114 Å². The highest BCUT2D eigenvalue weighted by Gasteiger charge is 2.60. The van der Waals surface area contributed by atoms with E-state index in [-0.39, 0.29) is 17.7 Å². The standard InChI is InChI=1S/C14H22ClNO2/c1-12-3-10-4-13(2,6-12)8-14(5-10,7-12)16-11(17)18-9-15/h10H,3-9H2,1-2H3,(H,16,17). The predicted molar refractivity (Wildman–Crippen MR) is 70.5 cm³/mol. The van der Waals surface area contributed by atoms with Crippen molar-refractivity contribution in [3.05, 3.63) is 0 Å². The Morgan fingerprint density at radius 3 is 2.33 bits per heavy atom. The lowest BCUT2D eigenvalue weighted by Crippen LogP contribution is -2.65. The Morgan fingerprint density at radius 1 is 1.22 bits per heavy atom. The summed E-state index contributed by atoms with van der Waals surface area (Å²) < 4.78 is 4.86. The van der Waals surface area contributed by atoms with Crippen LogP contribution in [-0.4, -0.2) is 17.7 Å². The summed E-state index contributed by atoms with van der Waals surface area (Å²) in [6, 6.07) is -0.0696. The summed E-state index contributed by atoms with van der Waals surface area (Å²) in [5.41, 5.74) is 0.775. The van der Waals surface area contributed by atoms with Gasteiger partial charge in [0.1, 0.15) is 0 Å². The molecule has 0 aromatic rings. The van der Waals surface area contributed by atoms with Crippen LogP contribution in [0.3, 0.4) is 0 Å². The SMILES string of the molecule is CC12CC3CC(C)(C1)CC(NC(=O)OCCl)(C3)C2. The molecule has 4 bridgehead atoms. The molecule has 102 valence electrons. The second kappa shape index (κ2) is 3.78. The van der Waals surface area contributed by atoms with Gasteiger partial charge in [-0.15, -0.1) is 0 Å². The molecule has 2 unspecified atom stereocenters. The van der Waals surface area contributed by atoms with Gasteiger partial charge in [0.05, 0.1) is 0 Å². The molecule has 1 amide bonds. The number of alkyl halides is 1. The summed E-state index contributed by atoms with van der Waals surface area (Å²) in [6.45, 7) is 4.78. The third-order valence-corrected chi connectivity index (χ3v) is 5.29. The number of alkyl carbamates (subject to hydrolysis) is 1. The molecule has 0 aromatic heterocycles. The molecule has 4 rings (SSSR count). The molecule has 0 radical (unpaired) electrons. The van der Waals surface area contributed by atoms with Crippen molar-refractivity contribution in [3.63, 3.8) is 0 Å². The van der Waals surface area contributed by atoms with E-state index >= 15 is 0 Å². The van der Waals surface area contributed by atoms with Crippen LogP contribution in [0.2, 0.25) is 0 Å². The molecule has 0 saturated heterocycles. The Bertz CT molecular complexity index is 366. The number of carbonyl (C=O) groups is 1. The Morgan fingerprint density at radius 2 is 1.83 bits per heavy atom. The van der Waals surface area contributed by atoms with E-state index in [1.807, 2.05) is 0 Å². The maximum absolute atomic E-state index is 11.7. The first kappa shape index (κ1) is 12.6. The van der Waals surface area contributed by atoms with Crippen LogP contribution in [0.5, 0.6) is 0 Å². The lowest BCUT2D eigenvalue weighted by atomic mass is 9.43. The first-order valence-corrected chi connectivity index (χ1v) is 7.41. The number of hydrogen-bond acceptors (Lipinski definition) is 2. The van der Waals surface area contributed by atoms with Crippen molar-refractivity contribution in [2.45, 2.75) is 57.9 Å². The van der Waals surface area contributed by atoms with E-state index in [4.69, 9.17) is 16.3 Å². The average molecular weight is 272 g/mol. The average Bonchev–Trinajstić information content (AvgIpc) is 2.09. The summed E-state index contributed by atoms with van der Waals surface area (Å²) in [5.74, 6) is 0.771.